The Bertz CT molecular complexity index is 505. The Hall–Kier alpha value is -1.35. The summed E-state index contributed by atoms with van der Waals surface area (Å²) >= 11 is 0. The van der Waals surface area contributed by atoms with E-state index in [0.717, 1.165) is 18.5 Å². The fourth-order valence-electron chi connectivity index (χ4n) is 4.10. The zero-order valence-corrected chi connectivity index (χ0v) is 13.6. The first-order valence-corrected chi connectivity index (χ1v) is 8.80. The topological polar surface area (TPSA) is 46.3 Å². The molecule has 1 aliphatic heterocycles. The predicted octanol–water partition coefficient (Wildman–Crippen LogP) is 3.54. The summed E-state index contributed by atoms with van der Waals surface area (Å²) in [5.74, 6) is 1.32. The van der Waals surface area contributed by atoms with Crippen molar-refractivity contribution in [3.05, 3.63) is 35.4 Å². The minimum absolute atomic E-state index is 0.165. The molecule has 22 heavy (non-hydrogen) atoms. The van der Waals surface area contributed by atoms with Crippen molar-refractivity contribution >= 4 is 5.91 Å². The molecule has 3 rings (SSSR count). The average Bonchev–Trinajstić information content (AvgIpc) is 2.96. The number of hydrogen-bond donors (Lipinski definition) is 1. The molecule has 2 aliphatic rings. The molecule has 0 aromatic heterocycles. The number of benzene rings is 1. The number of nitrogens with zero attached hydrogens (tertiary/aromatic N) is 1. The molecular weight excluding hydrogens is 272 g/mol. The first-order valence-electron chi connectivity index (χ1n) is 8.80. The minimum atomic E-state index is 0.165. The van der Waals surface area contributed by atoms with Crippen molar-refractivity contribution in [3.8, 4) is 0 Å². The van der Waals surface area contributed by atoms with Crippen LogP contribution in [0.4, 0.5) is 0 Å². The van der Waals surface area contributed by atoms with Gasteiger partial charge in [-0.2, -0.15) is 0 Å². The van der Waals surface area contributed by atoms with Gasteiger partial charge in [0, 0.05) is 18.2 Å². The van der Waals surface area contributed by atoms with Crippen molar-refractivity contribution in [1.29, 1.82) is 0 Å². The van der Waals surface area contributed by atoms with Crippen LogP contribution in [-0.2, 0) is 0 Å². The highest BCUT2D eigenvalue weighted by atomic mass is 16.2. The van der Waals surface area contributed by atoms with Gasteiger partial charge in [-0.3, -0.25) is 4.79 Å². The summed E-state index contributed by atoms with van der Waals surface area (Å²) in [5, 5.41) is 0. The van der Waals surface area contributed by atoms with Gasteiger partial charge in [-0.05, 0) is 62.3 Å². The second-order valence-corrected chi connectivity index (χ2v) is 7.10. The Balaban J connectivity index is 1.68. The van der Waals surface area contributed by atoms with Crippen molar-refractivity contribution in [1.82, 2.24) is 4.90 Å². The van der Waals surface area contributed by atoms with Gasteiger partial charge >= 0.3 is 0 Å². The second kappa shape index (κ2) is 6.82. The van der Waals surface area contributed by atoms with Gasteiger partial charge in [-0.1, -0.05) is 31.4 Å². The quantitative estimate of drug-likeness (QED) is 0.928. The van der Waals surface area contributed by atoms with Crippen LogP contribution in [0.2, 0.25) is 0 Å². The van der Waals surface area contributed by atoms with Gasteiger partial charge in [0.15, 0.2) is 0 Å². The number of nitrogens with two attached hydrogens (primary N) is 1. The van der Waals surface area contributed by atoms with Crippen LogP contribution in [-0.4, -0.2) is 29.9 Å². The van der Waals surface area contributed by atoms with Crippen LogP contribution in [0.1, 0.15) is 67.3 Å². The predicted molar refractivity (Wildman–Crippen MR) is 89.9 cm³/mol. The zero-order chi connectivity index (χ0) is 15.5. The fraction of sp³-hybridized carbons (Fsp3) is 0.632. The minimum Gasteiger partial charge on any atom is -0.336 e. The van der Waals surface area contributed by atoms with E-state index in [1.807, 2.05) is 17.0 Å². The molecule has 2 fully saturated rings. The lowest BCUT2D eigenvalue weighted by Crippen LogP contribution is -2.34. The van der Waals surface area contributed by atoms with Gasteiger partial charge in [0.1, 0.15) is 0 Å². The number of rotatable bonds is 3. The van der Waals surface area contributed by atoms with Gasteiger partial charge in [0.2, 0.25) is 0 Å². The summed E-state index contributed by atoms with van der Waals surface area (Å²) < 4.78 is 0. The van der Waals surface area contributed by atoms with Gasteiger partial charge in [0.25, 0.3) is 5.91 Å². The molecule has 1 aromatic carbocycles. The zero-order valence-electron chi connectivity index (χ0n) is 13.6. The molecule has 0 radical (unpaired) electrons. The third-order valence-corrected chi connectivity index (χ3v) is 5.49. The Labute approximate surface area is 133 Å². The SMILES string of the molecule is CC1CC(CN)CN1C(=O)c1ccc(C2CCCCC2)cc1. The van der Waals surface area contributed by atoms with Gasteiger partial charge < -0.3 is 10.6 Å². The van der Waals surface area contributed by atoms with Gasteiger partial charge in [-0.15, -0.1) is 0 Å². The van der Waals surface area contributed by atoms with E-state index < -0.39 is 0 Å². The van der Waals surface area contributed by atoms with Crippen molar-refractivity contribution < 1.29 is 4.79 Å². The Kier molecular flexibility index (Phi) is 4.82. The molecule has 1 amide bonds. The third-order valence-electron chi connectivity index (χ3n) is 5.49. The van der Waals surface area contributed by atoms with Crippen LogP contribution in [0.15, 0.2) is 24.3 Å². The van der Waals surface area contributed by atoms with E-state index in [4.69, 9.17) is 5.73 Å². The monoisotopic (exact) mass is 300 g/mol. The number of carbonyl (C=O) groups is 1. The number of amides is 1. The number of hydrogen-bond acceptors (Lipinski definition) is 2. The lowest BCUT2D eigenvalue weighted by Gasteiger charge is -2.23. The van der Waals surface area contributed by atoms with Gasteiger partial charge in [0.05, 0.1) is 0 Å². The molecule has 1 aliphatic carbocycles. The average molecular weight is 300 g/mol. The maximum atomic E-state index is 12.7. The van der Waals surface area contributed by atoms with Crippen LogP contribution in [0.3, 0.4) is 0 Å². The molecule has 2 N–H and O–H groups in total. The Morgan fingerprint density at radius 3 is 2.45 bits per heavy atom. The molecule has 3 heteroatoms. The molecule has 0 bridgehead atoms. The summed E-state index contributed by atoms with van der Waals surface area (Å²) in [7, 11) is 0. The number of likely N-dealkylation sites (tertiary alicyclic amines) is 1. The molecule has 1 aromatic rings. The molecule has 1 saturated carbocycles. The highest BCUT2D eigenvalue weighted by Gasteiger charge is 2.32. The summed E-state index contributed by atoms with van der Waals surface area (Å²) in [6, 6.07) is 8.69. The van der Waals surface area contributed by atoms with E-state index in [1.54, 1.807) is 0 Å². The lowest BCUT2D eigenvalue weighted by molar-refractivity contribution is 0.0743. The van der Waals surface area contributed by atoms with Crippen molar-refractivity contribution in [2.24, 2.45) is 11.7 Å². The first kappa shape index (κ1) is 15.5. The molecule has 2 unspecified atom stereocenters. The standard InChI is InChI=1S/C19H28N2O/c1-14-11-15(12-20)13-21(14)19(22)18-9-7-17(8-10-18)16-5-3-2-4-6-16/h7-10,14-16H,2-6,11-13,20H2,1H3. The van der Waals surface area contributed by atoms with E-state index in [9.17, 15) is 4.79 Å². The largest absolute Gasteiger partial charge is 0.336 e. The summed E-state index contributed by atoms with van der Waals surface area (Å²) in [5.41, 5.74) is 7.99. The normalized spacial score (nSPS) is 26.4. The van der Waals surface area contributed by atoms with Crippen LogP contribution in [0.25, 0.3) is 0 Å². The maximum absolute atomic E-state index is 12.7. The summed E-state index contributed by atoms with van der Waals surface area (Å²) in [6.07, 6.45) is 7.70. The highest BCUT2D eigenvalue weighted by molar-refractivity contribution is 5.94. The van der Waals surface area contributed by atoms with Crippen LogP contribution in [0.5, 0.6) is 0 Å². The summed E-state index contributed by atoms with van der Waals surface area (Å²) in [4.78, 5) is 14.7. The molecule has 1 saturated heterocycles. The molecule has 120 valence electrons. The third kappa shape index (κ3) is 3.19. The highest BCUT2D eigenvalue weighted by Crippen LogP contribution is 2.33. The summed E-state index contributed by atoms with van der Waals surface area (Å²) in [6.45, 7) is 3.61. The smallest absolute Gasteiger partial charge is 0.254 e. The van der Waals surface area contributed by atoms with E-state index in [2.05, 4.69) is 19.1 Å². The maximum Gasteiger partial charge on any atom is 0.254 e. The molecular formula is C19H28N2O. The van der Waals surface area contributed by atoms with E-state index in [1.165, 1.54) is 37.7 Å². The van der Waals surface area contributed by atoms with Crippen molar-refractivity contribution in [2.75, 3.05) is 13.1 Å². The van der Waals surface area contributed by atoms with E-state index in [0.29, 0.717) is 24.4 Å². The molecule has 3 nitrogen and oxygen atoms in total. The van der Waals surface area contributed by atoms with Crippen LogP contribution >= 0.6 is 0 Å². The first-order chi connectivity index (χ1) is 10.7. The molecule has 2 atom stereocenters. The van der Waals surface area contributed by atoms with Crippen LogP contribution < -0.4 is 5.73 Å². The molecule has 0 spiro atoms. The van der Waals surface area contributed by atoms with Gasteiger partial charge in [-0.25, -0.2) is 0 Å². The Morgan fingerprint density at radius 1 is 1.18 bits per heavy atom. The second-order valence-electron chi connectivity index (χ2n) is 7.10. The van der Waals surface area contributed by atoms with Crippen molar-refractivity contribution in [2.45, 2.75) is 57.4 Å². The van der Waals surface area contributed by atoms with E-state index in [-0.39, 0.29) is 5.91 Å². The molecule has 1 heterocycles. The van der Waals surface area contributed by atoms with E-state index >= 15 is 0 Å². The number of carbonyl (C=O) groups excluding carboxylic acids is 1. The van der Waals surface area contributed by atoms with Crippen LogP contribution in [0, 0.1) is 5.92 Å². The fourth-order valence-corrected chi connectivity index (χ4v) is 4.10. The lowest BCUT2D eigenvalue weighted by atomic mass is 9.84. The van der Waals surface area contributed by atoms with Crippen molar-refractivity contribution in [3.63, 3.8) is 0 Å². The Morgan fingerprint density at radius 2 is 1.86 bits per heavy atom.